The number of rotatable bonds is 8. The van der Waals surface area contributed by atoms with Crippen LogP contribution in [-0.4, -0.2) is 62.1 Å². The SMILES string of the molecule is CCOc1ccc(S(=O)(=O)N2CCN(c3cc(-c4ccccc4)ncn3)CC2)c(OCC)c1. The van der Waals surface area contributed by atoms with E-state index in [1.807, 2.05) is 50.2 Å². The van der Waals surface area contributed by atoms with E-state index in [0.717, 1.165) is 17.1 Å². The van der Waals surface area contributed by atoms with E-state index >= 15 is 0 Å². The highest BCUT2D eigenvalue weighted by Crippen LogP contribution is 2.32. The normalized spacial score (nSPS) is 14.8. The summed E-state index contributed by atoms with van der Waals surface area (Å²) < 4.78 is 39.4. The zero-order valence-electron chi connectivity index (χ0n) is 18.8. The summed E-state index contributed by atoms with van der Waals surface area (Å²) in [6.45, 7) is 6.34. The predicted molar refractivity (Wildman–Crippen MR) is 127 cm³/mol. The quantitative estimate of drug-likeness (QED) is 0.501. The monoisotopic (exact) mass is 468 g/mol. The number of hydrogen-bond donors (Lipinski definition) is 0. The van der Waals surface area contributed by atoms with Gasteiger partial charge in [-0.3, -0.25) is 0 Å². The van der Waals surface area contributed by atoms with Gasteiger partial charge in [-0.2, -0.15) is 4.31 Å². The lowest BCUT2D eigenvalue weighted by Gasteiger charge is -2.35. The highest BCUT2D eigenvalue weighted by molar-refractivity contribution is 7.89. The Morgan fingerprint density at radius 1 is 0.879 bits per heavy atom. The largest absolute Gasteiger partial charge is 0.494 e. The Kier molecular flexibility index (Phi) is 7.10. The van der Waals surface area contributed by atoms with Crippen molar-refractivity contribution in [2.75, 3.05) is 44.3 Å². The third kappa shape index (κ3) is 5.09. The third-order valence-electron chi connectivity index (χ3n) is 5.43. The van der Waals surface area contributed by atoms with E-state index in [2.05, 4.69) is 14.9 Å². The van der Waals surface area contributed by atoms with Gasteiger partial charge in [-0.25, -0.2) is 18.4 Å². The fraction of sp³-hybridized carbons (Fsp3) is 0.333. The minimum atomic E-state index is -3.71. The van der Waals surface area contributed by atoms with Crippen LogP contribution in [0.2, 0.25) is 0 Å². The molecule has 0 atom stereocenters. The lowest BCUT2D eigenvalue weighted by molar-refractivity contribution is 0.314. The molecule has 1 aliphatic heterocycles. The summed E-state index contributed by atoms with van der Waals surface area (Å²) in [5, 5.41) is 0. The van der Waals surface area contributed by atoms with E-state index in [-0.39, 0.29) is 4.90 Å². The lowest BCUT2D eigenvalue weighted by atomic mass is 10.1. The number of benzene rings is 2. The second-order valence-electron chi connectivity index (χ2n) is 7.49. The molecular formula is C24H28N4O4S. The molecule has 1 aromatic heterocycles. The summed E-state index contributed by atoms with van der Waals surface area (Å²) in [7, 11) is -3.71. The summed E-state index contributed by atoms with van der Waals surface area (Å²) >= 11 is 0. The van der Waals surface area contributed by atoms with Crippen LogP contribution in [0.4, 0.5) is 5.82 Å². The van der Waals surface area contributed by atoms with E-state index in [1.165, 1.54) is 4.31 Å². The van der Waals surface area contributed by atoms with Gasteiger partial charge in [0.1, 0.15) is 28.5 Å². The Hall–Kier alpha value is -3.17. The highest BCUT2D eigenvalue weighted by Gasteiger charge is 2.31. The molecule has 33 heavy (non-hydrogen) atoms. The van der Waals surface area contributed by atoms with Crippen LogP contribution in [0.3, 0.4) is 0 Å². The Morgan fingerprint density at radius 2 is 1.61 bits per heavy atom. The predicted octanol–water partition coefficient (Wildman–Crippen LogP) is 3.45. The fourth-order valence-corrected chi connectivity index (χ4v) is 5.34. The van der Waals surface area contributed by atoms with E-state index in [9.17, 15) is 8.42 Å². The number of ether oxygens (including phenoxy) is 2. The molecule has 8 nitrogen and oxygen atoms in total. The summed E-state index contributed by atoms with van der Waals surface area (Å²) in [4.78, 5) is 11.0. The zero-order chi connectivity index (χ0) is 23.3. The summed E-state index contributed by atoms with van der Waals surface area (Å²) in [5.41, 5.74) is 1.85. The number of sulfonamides is 1. The van der Waals surface area contributed by atoms with Crippen LogP contribution in [0.1, 0.15) is 13.8 Å². The molecule has 0 amide bonds. The van der Waals surface area contributed by atoms with Crippen molar-refractivity contribution in [3.05, 3.63) is 60.9 Å². The van der Waals surface area contributed by atoms with Crippen molar-refractivity contribution in [1.29, 1.82) is 0 Å². The third-order valence-corrected chi connectivity index (χ3v) is 7.37. The molecule has 0 N–H and O–H groups in total. The van der Waals surface area contributed by atoms with Gasteiger partial charge in [-0.1, -0.05) is 30.3 Å². The second-order valence-corrected chi connectivity index (χ2v) is 9.40. The molecule has 0 bridgehead atoms. The maximum atomic E-state index is 13.4. The van der Waals surface area contributed by atoms with Gasteiger partial charge in [-0.05, 0) is 26.0 Å². The first-order valence-electron chi connectivity index (χ1n) is 11.0. The molecular weight excluding hydrogens is 440 g/mol. The van der Waals surface area contributed by atoms with Crippen molar-refractivity contribution in [3.63, 3.8) is 0 Å². The Morgan fingerprint density at radius 3 is 2.30 bits per heavy atom. The van der Waals surface area contributed by atoms with E-state index in [0.29, 0.717) is 50.9 Å². The summed E-state index contributed by atoms with van der Waals surface area (Å²) in [6, 6.07) is 16.7. The van der Waals surface area contributed by atoms with Crippen LogP contribution in [0, 0.1) is 0 Å². The number of hydrogen-bond acceptors (Lipinski definition) is 7. The second kappa shape index (κ2) is 10.2. The smallest absolute Gasteiger partial charge is 0.246 e. The van der Waals surface area contributed by atoms with Crippen molar-refractivity contribution < 1.29 is 17.9 Å². The molecule has 3 aromatic rings. The lowest BCUT2D eigenvalue weighted by Crippen LogP contribution is -2.49. The van der Waals surface area contributed by atoms with Gasteiger partial charge in [0.05, 0.1) is 18.9 Å². The zero-order valence-corrected chi connectivity index (χ0v) is 19.7. The van der Waals surface area contributed by atoms with Gasteiger partial charge in [0.2, 0.25) is 10.0 Å². The average Bonchev–Trinajstić information content (AvgIpc) is 2.85. The van der Waals surface area contributed by atoms with Crippen molar-refractivity contribution >= 4 is 15.8 Å². The van der Waals surface area contributed by atoms with Crippen molar-refractivity contribution in [3.8, 4) is 22.8 Å². The number of nitrogens with zero attached hydrogens (tertiary/aromatic N) is 4. The van der Waals surface area contributed by atoms with Gasteiger partial charge in [0.15, 0.2) is 0 Å². The Balaban J connectivity index is 1.50. The molecule has 2 heterocycles. The van der Waals surface area contributed by atoms with Crippen molar-refractivity contribution in [1.82, 2.24) is 14.3 Å². The first kappa shape index (κ1) is 23.0. The molecule has 1 fully saturated rings. The van der Waals surface area contributed by atoms with Crippen LogP contribution < -0.4 is 14.4 Å². The first-order chi connectivity index (χ1) is 16.0. The number of anilines is 1. The molecule has 0 saturated carbocycles. The van der Waals surface area contributed by atoms with Crippen molar-refractivity contribution in [2.24, 2.45) is 0 Å². The number of piperazine rings is 1. The molecule has 0 unspecified atom stereocenters. The summed E-state index contributed by atoms with van der Waals surface area (Å²) in [6.07, 6.45) is 1.55. The minimum absolute atomic E-state index is 0.162. The van der Waals surface area contributed by atoms with Crippen LogP contribution >= 0.6 is 0 Å². The molecule has 2 aromatic carbocycles. The fourth-order valence-electron chi connectivity index (χ4n) is 3.81. The Labute approximate surface area is 194 Å². The molecule has 1 saturated heterocycles. The van der Waals surface area contributed by atoms with Crippen LogP contribution in [0.15, 0.2) is 65.8 Å². The summed E-state index contributed by atoms with van der Waals surface area (Å²) in [5.74, 6) is 1.69. The van der Waals surface area contributed by atoms with Gasteiger partial charge in [-0.15, -0.1) is 0 Å². The average molecular weight is 469 g/mol. The molecule has 1 aliphatic rings. The van der Waals surface area contributed by atoms with Crippen molar-refractivity contribution in [2.45, 2.75) is 18.7 Å². The van der Waals surface area contributed by atoms with Crippen LogP contribution in [0.25, 0.3) is 11.3 Å². The maximum Gasteiger partial charge on any atom is 0.246 e. The Bertz CT molecular complexity index is 1180. The topological polar surface area (TPSA) is 84.9 Å². The maximum absolute atomic E-state index is 13.4. The van der Waals surface area contributed by atoms with Crippen LogP contribution in [-0.2, 0) is 10.0 Å². The molecule has 9 heteroatoms. The van der Waals surface area contributed by atoms with E-state index in [4.69, 9.17) is 9.47 Å². The van der Waals surface area contributed by atoms with Crippen LogP contribution in [0.5, 0.6) is 11.5 Å². The van der Waals surface area contributed by atoms with Gasteiger partial charge in [0.25, 0.3) is 0 Å². The van der Waals surface area contributed by atoms with E-state index in [1.54, 1.807) is 24.5 Å². The van der Waals surface area contributed by atoms with E-state index < -0.39 is 10.0 Å². The number of aromatic nitrogens is 2. The molecule has 0 aliphatic carbocycles. The molecule has 0 radical (unpaired) electrons. The van der Waals surface area contributed by atoms with Gasteiger partial charge < -0.3 is 14.4 Å². The van der Waals surface area contributed by atoms with Gasteiger partial charge in [0, 0.05) is 43.9 Å². The standard InChI is InChI=1S/C24H28N4O4S/c1-3-31-20-10-11-23(22(16-20)32-4-2)33(29,30)28-14-12-27(13-15-28)24-17-21(25-18-26-24)19-8-6-5-7-9-19/h5-11,16-18H,3-4,12-15H2,1-2H3. The minimum Gasteiger partial charge on any atom is -0.494 e. The molecule has 174 valence electrons. The highest BCUT2D eigenvalue weighted by atomic mass is 32.2. The molecule has 0 spiro atoms. The first-order valence-corrected chi connectivity index (χ1v) is 12.5. The van der Waals surface area contributed by atoms with Gasteiger partial charge >= 0.3 is 0 Å². The molecule has 4 rings (SSSR count).